The van der Waals surface area contributed by atoms with Gasteiger partial charge in [-0.05, 0) is 12.8 Å². The van der Waals surface area contributed by atoms with Crippen LogP contribution in [0.25, 0.3) is 0 Å². The van der Waals surface area contributed by atoms with Gasteiger partial charge in [0.05, 0.1) is 0 Å². The SMILES string of the molecule is CCOC1(c2nc(N)cc(C(C)C)n2)CCOCC1. The van der Waals surface area contributed by atoms with Gasteiger partial charge in [-0.25, -0.2) is 9.97 Å². The van der Waals surface area contributed by atoms with Crippen LogP contribution in [0.15, 0.2) is 6.07 Å². The maximum Gasteiger partial charge on any atom is 0.163 e. The highest BCUT2D eigenvalue weighted by atomic mass is 16.5. The molecule has 1 saturated heterocycles. The first-order chi connectivity index (χ1) is 9.07. The lowest BCUT2D eigenvalue weighted by atomic mass is 9.92. The fourth-order valence-electron chi connectivity index (χ4n) is 2.40. The molecule has 0 unspecified atom stereocenters. The highest BCUT2D eigenvalue weighted by Crippen LogP contribution is 2.35. The van der Waals surface area contributed by atoms with Gasteiger partial charge in [0.15, 0.2) is 5.82 Å². The Labute approximate surface area is 114 Å². The van der Waals surface area contributed by atoms with Crippen LogP contribution in [-0.2, 0) is 15.1 Å². The molecule has 1 aliphatic rings. The van der Waals surface area contributed by atoms with Crippen LogP contribution in [0.2, 0.25) is 0 Å². The zero-order valence-corrected chi connectivity index (χ0v) is 12.0. The van der Waals surface area contributed by atoms with Gasteiger partial charge in [0.1, 0.15) is 11.4 Å². The first-order valence-corrected chi connectivity index (χ1v) is 6.94. The topological polar surface area (TPSA) is 70.3 Å². The van der Waals surface area contributed by atoms with Crippen molar-refractivity contribution in [2.45, 2.75) is 45.1 Å². The minimum atomic E-state index is -0.438. The molecule has 1 fully saturated rings. The Kier molecular flexibility index (Phi) is 4.37. The van der Waals surface area contributed by atoms with Crippen LogP contribution in [0, 0.1) is 0 Å². The Morgan fingerprint density at radius 2 is 2.05 bits per heavy atom. The predicted molar refractivity (Wildman–Crippen MR) is 73.9 cm³/mol. The lowest BCUT2D eigenvalue weighted by molar-refractivity contribution is -0.117. The second-order valence-corrected chi connectivity index (χ2v) is 5.24. The van der Waals surface area contributed by atoms with Gasteiger partial charge in [0.2, 0.25) is 0 Å². The molecule has 0 spiro atoms. The molecular weight excluding hydrogens is 242 g/mol. The monoisotopic (exact) mass is 265 g/mol. The van der Waals surface area contributed by atoms with E-state index in [-0.39, 0.29) is 0 Å². The van der Waals surface area contributed by atoms with Gasteiger partial charge >= 0.3 is 0 Å². The quantitative estimate of drug-likeness (QED) is 0.904. The molecule has 2 N–H and O–H groups in total. The molecule has 0 saturated carbocycles. The molecule has 5 nitrogen and oxygen atoms in total. The van der Waals surface area contributed by atoms with Crippen molar-refractivity contribution in [2.24, 2.45) is 0 Å². The molecule has 2 rings (SSSR count). The third kappa shape index (κ3) is 3.04. The molecule has 0 bridgehead atoms. The van der Waals surface area contributed by atoms with E-state index < -0.39 is 5.60 Å². The molecular formula is C14H23N3O2. The summed E-state index contributed by atoms with van der Waals surface area (Å²) in [4.78, 5) is 9.09. The summed E-state index contributed by atoms with van der Waals surface area (Å²) in [6, 6.07) is 1.84. The predicted octanol–water partition coefficient (Wildman–Crippen LogP) is 2.22. The van der Waals surface area contributed by atoms with Gasteiger partial charge in [0, 0.05) is 44.4 Å². The first kappa shape index (κ1) is 14.2. The van der Waals surface area contributed by atoms with E-state index in [4.69, 9.17) is 15.2 Å². The van der Waals surface area contributed by atoms with Crippen LogP contribution in [0.5, 0.6) is 0 Å². The number of hydrogen-bond donors (Lipinski definition) is 1. The van der Waals surface area contributed by atoms with Gasteiger partial charge < -0.3 is 15.2 Å². The Balaban J connectivity index is 2.40. The Morgan fingerprint density at radius 1 is 1.37 bits per heavy atom. The summed E-state index contributed by atoms with van der Waals surface area (Å²) in [6.45, 7) is 8.18. The Bertz CT molecular complexity index is 423. The minimum absolute atomic E-state index is 0.322. The second-order valence-electron chi connectivity index (χ2n) is 5.24. The van der Waals surface area contributed by atoms with Crippen LogP contribution in [-0.4, -0.2) is 29.8 Å². The second kappa shape index (κ2) is 5.84. The smallest absolute Gasteiger partial charge is 0.163 e. The molecule has 1 aromatic heterocycles. The van der Waals surface area contributed by atoms with Crippen LogP contribution < -0.4 is 5.73 Å². The van der Waals surface area contributed by atoms with Crippen molar-refractivity contribution >= 4 is 5.82 Å². The minimum Gasteiger partial charge on any atom is -0.384 e. The summed E-state index contributed by atoms with van der Waals surface area (Å²) in [7, 11) is 0. The molecule has 1 aromatic rings. The highest BCUT2D eigenvalue weighted by molar-refractivity contribution is 5.32. The number of ether oxygens (including phenoxy) is 2. The lowest BCUT2D eigenvalue weighted by Crippen LogP contribution is -2.38. The molecule has 2 heterocycles. The average Bonchev–Trinajstić information content (AvgIpc) is 2.39. The third-order valence-corrected chi connectivity index (χ3v) is 3.49. The van der Waals surface area contributed by atoms with Crippen molar-refractivity contribution in [2.75, 3.05) is 25.6 Å². The Hall–Kier alpha value is -1.20. The molecule has 19 heavy (non-hydrogen) atoms. The summed E-state index contributed by atoms with van der Waals surface area (Å²) >= 11 is 0. The van der Waals surface area contributed by atoms with E-state index in [0.29, 0.717) is 37.4 Å². The number of anilines is 1. The molecule has 0 aliphatic carbocycles. The number of nitrogens with two attached hydrogens (primary N) is 1. The number of nitrogen functional groups attached to an aromatic ring is 1. The maximum atomic E-state index is 5.99. The van der Waals surface area contributed by atoms with Crippen molar-refractivity contribution in [1.82, 2.24) is 9.97 Å². The van der Waals surface area contributed by atoms with Gasteiger partial charge in [-0.15, -0.1) is 0 Å². The van der Waals surface area contributed by atoms with E-state index in [2.05, 4.69) is 23.8 Å². The van der Waals surface area contributed by atoms with Gasteiger partial charge in [-0.2, -0.15) is 0 Å². The number of hydrogen-bond acceptors (Lipinski definition) is 5. The van der Waals surface area contributed by atoms with Crippen molar-refractivity contribution < 1.29 is 9.47 Å². The molecule has 0 amide bonds. The van der Waals surface area contributed by atoms with E-state index in [0.717, 1.165) is 18.5 Å². The van der Waals surface area contributed by atoms with Gasteiger partial charge in [-0.3, -0.25) is 0 Å². The molecule has 106 valence electrons. The van der Waals surface area contributed by atoms with E-state index in [1.54, 1.807) is 0 Å². The van der Waals surface area contributed by atoms with E-state index in [1.807, 2.05) is 13.0 Å². The largest absolute Gasteiger partial charge is 0.384 e. The fourth-order valence-corrected chi connectivity index (χ4v) is 2.40. The van der Waals surface area contributed by atoms with E-state index in [1.165, 1.54) is 0 Å². The van der Waals surface area contributed by atoms with Crippen molar-refractivity contribution in [3.05, 3.63) is 17.6 Å². The normalized spacial score (nSPS) is 18.7. The number of rotatable bonds is 4. The zero-order valence-electron chi connectivity index (χ0n) is 12.0. The zero-order chi connectivity index (χ0) is 13.9. The van der Waals surface area contributed by atoms with Crippen molar-refractivity contribution in [1.29, 1.82) is 0 Å². The molecule has 0 radical (unpaired) electrons. The van der Waals surface area contributed by atoms with Gasteiger partial charge in [-0.1, -0.05) is 13.8 Å². The maximum absolute atomic E-state index is 5.99. The highest BCUT2D eigenvalue weighted by Gasteiger charge is 2.38. The van der Waals surface area contributed by atoms with Crippen LogP contribution >= 0.6 is 0 Å². The first-order valence-electron chi connectivity index (χ1n) is 6.94. The number of aromatic nitrogens is 2. The fraction of sp³-hybridized carbons (Fsp3) is 0.714. The van der Waals surface area contributed by atoms with Crippen molar-refractivity contribution in [3.63, 3.8) is 0 Å². The van der Waals surface area contributed by atoms with Crippen LogP contribution in [0.3, 0.4) is 0 Å². The lowest BCUT2D eigenvalue weighted by Gasteiger charge is -2.35. The summed E-state index contributed by atoms with van der Waals surface area (Å²) in [6.07, 6.45) is 1.56. The summed E-state index contributed by atoms with van der Waals surface area (Å²) in [5.74, 6) is 1.54. The van der Waals surface area contributed by atoms with Gasteiger partial charge in [0.25, 0.3) is 0 Å². The van der Waals surface area contributed by atoms with Crippen LogP contribution in [0.4, 0.5) is 5.82 Å². The molecule has 0 atom stereocenters. The van der Waals surface area contributed by atoms with Crippen molar-refractivity contribution in [3.8, 4) is 0 Å². The average molecular weight is 265 g/mol. The summed E-state index contributed by atoms with van der Waals surface area (Å²) < 4.78 is 11.4. The summed E-state index contributed by atoms with van der Waals surface area (Å²) in [5, 5.41) is 0. The molecule has 5 heteroatoms. The van der Waals surface area contributed by atoms with E-state index in [9.17, 15) is 0 Å². The molecule has 1 aliphatic heterocycles. The van der Waals surface area contributed by atoms with E-state index >= 15 is 0 Å². The summed E-state index contributed by atoms with van der Waals surface area (Å²) in [5.41, 5.74) is 6.45. The third-order valence-electron chi connectivity index (χ3n) is 3.49. The molecule has 0 aromatic carbocycles. The standard InChI is InChI=1S/C14H23N3O2/c1-4-19-14(5-7-18-8-6-14)13-16-11(10(2)3)9-12(15)17-13/h9-10H,4-8H2,1-3H3,(H2,15,16,17). The number of nitrogens with zero attached hydrogens (tertiary/aromatic N) is 2. The van der Waals surface area contributed by atoms with Crippen LogP contribution in [0.1, 0.15) is 51.0 Å². The Morgan fingerprint density at radius 3 is 2.63 bits per heavy atom.